The van der Waals surface area contributed by atoms with Crippen LogP contribution in [0.3, 0.4) is 0 Å². The first-order chi connectivity index (χ1) is 13.8. The Bertz CT molecular complexity index is 1070. The van der Waals surface area contributed by atoms with Crippen LogP contribution in [0, 0.1) is 6.92 Å². The number of fused-ring (bicyclic) bond motifs is 1. The van der Waals surface area contributed by atoms with E-state index < -0.39 is 0 Å². The van der Waals surface area contributed by atoms with Crippen LogP contribution in [0.25, 0.3) is 11.0 Å². The molecule has 1 aromatic carbocycles. The minimum Gasteiger partial charge on any atom is -0.496 e. The second-order valence-corrected chi connectivity index (χ2v) is 8.73. The minimum atomic E-state index is -0.215. The van der Waals surface area contributed by atoms with Crippen molar-refractivity contribution < 1.29 is 9.53 Å². The average molecular weight is 393 g/mol. The molecular weight excluding hydrogens is 364 g/mol. The van der Waals surface area contributed by atoms with Crippen molar-refractivity contribution in [3.63, 3.8) is 0 Å². The van der Waals surface area contributed by atoms with Crippen LogP contribution in [0.2, 0.25) is 0 Å². The molecule has 1 fully saturated rings. The first-order valence-electron chi connectivity index (χ1n) is 10.1. The number of aryl methyl sites for hydroxylation is 1. The van der Waals surface area contributed by atoms with Gasteiger partial charge >= 0.3 is 0 Å². The van der Waals surface area contributed by atoms with Crippen LogP contribution >= 0.6 is 0 Å². The van der Waals surface area contributed by atoms with Gasteiger partial charge in [-0.25, -0.2) is 9.67 Å². The summed E-state index contributed by atoms with van der Waals surface area (Å²) >= 11 is 0. The molecule has 2 heterocycles. The van der Waals surface area contributed by atoms with Gasteiger partial charge in [0.05, 0.1) is 29.3 Å². The maximum atomic E-state index is 13.2. The molecule has 0 radical (unpaired) electrons. The van der Waals surface area contributed by atoms with Crippen molar-refractivity contribution in [2.75, 3.05) is 7.11 Å². The third-order valence-corrected chi connectivity index (χ3v) is 5.34. The second kappa shape index (κ2) is 7.17. The van der Waals surface area contributed by atoms with E-state index in [1.165, 1.54) is 0 Å². The van der Waals surface area contributed by atoms with Gasteiger partial charge in [-0.2, -0.15) is 5.10 Å². The Morgan fingerprint density at radius 1 is 1.28 bits per heavy atom. The summed E-state index contributed by atoms with van der Waals surface area (Å²) in [4.78, 5) is 18.1. The van der Waals surface area contributed by atoms with Crippen molar-refractivity contribution in [1.82, 2.24) is 20.1 Å². The van der Waals surface area contributed by atoms with Gasteiger partial charge in [-0.1, -0.05) is 18.2 Å². The standard InChI is InChI=1S/C23H28N4O2/c1-14-20-17(22(28)24-13-16-8-6-7-9-19(16)29-5)12-18(15-10-11-15)25-21(20)27(26-14)23(2,3)4/h6-9,12,15H,10-11,13H2,1-5H3,(H,24,28). The topological polar surface area (TPSA) is 69.0 Å². The van der Waals surface area contributed by atoms with E-state index in [9.17, 15) is 4.79 Å². The molecule has 6 heteroatoms. The van der Waals surface area contributed by atoms with Gasteiger partial charge in [0.1, 0.15) is 5.75 Å². The van der Waals surface area contributed by atoms with Gasteiger partial charge in [0.2, 0.25) is 0 Å². The number of hydrogen-bond donors (Lipinski definition) is 1. The number of hydrogen-bond acceptors (Lipinski definition) is 4. The molecule has 1 N–H and O–H groups in total. The van der Waals surface area contributed by atoms with Crippen molar-refractivity contribution in [3.8, 4) is 5.75 Å². The Morgan fingerprint density at radius 2 is 2.00 bits per heavy atom. The quantitative estimate of drug-likeness (QED) is 0.702. The Balaban J connectivity index is 1.74. The molecule has 1 aliphatic rings. The third kappa shape index (κ3) is 3.71. The normalized spacial score (nSPS) is 14.2. The van der Waals surface area contributed by atoms with Crippen molar-refractivity contribution in [3.05, 3.63) is 52.8 Å². The summed E-state index contributed by atoms with van der Waals surface area (Å²) in [5.74, 6) is 1.11. The predicted molar refractivity (Wildman–Crippen MR) is 113 cm³/mol. The highest BCUT2D eigenvalue weighted by atomic mass is 16.5. The fourth-order valence-corrected chi connectivity index (χ4v) is 3.66. The van der Waals surface area contributed by atoms with Crippen molar-refractivity contribution in [2.24, 2.45) is 0 Å². The third-order valence-electron chi connectivity index (χ3n) is 5.34. The summed E-state index contributed by atoms with van der Waals surface area (Å²) in [6.07, 6.45) is 2.26. The summed E-state index contributed by atoms with van der Waals surface area (Å²) in [7, 11) is 1.64. The molecule has 0 unspecified atom stereocenters. The fourth-order valence-electron chi connectivity index (χ4n) is 3.66. The summed E-state index contributed by atoms with van der Waals surface area (Å²) in [6, 6.07) is 9.67. The summed E-state index contributed by atoms with van der Waals surface area (Å²) in [5.41, 5.74) is 3.99. The van der Waals surface area contributed by atoms with Crippen LogP contribution in [0.5, 0.6) is 5.75 Å². The molecule has 2 aromatic heterocycles. The number of ether oxygens (including phenoxy) is 1. The molecule has 1 amide bonds. The maximum absolute atomic E-state index is 13.2. The number of carbonyl (C=O) groups is 1. The lowest BCUT2D eigenvalue weighted by Crippen LogP contribution is -2.25. The van der Waals surface area contributed by atoms with Crippen LogP contribution in [0.1, 0.15) is 66.8 Å². The van der Waals surface area contributed by atoms with Crippen LogP contribution in [-0.4, -0.2) is 27.8 Å². The number of amides is 1. The largest absolute Gasteiger partial charge is 0.496 e. The zero-order valence-corrected chi connectivity index (χ0v) is 17.7. The van der Waals surface area contributed by atoms with E-state index in [4.69, 9.17) is 14.8 Å². The van der Waals surface area contributed by atoms with Gasteiger partial charge in [0, 0.05) is 23.7 Å². The molecule has 0 atom stereocenters. The van der Waals surface area contributed by atoms with E-state index in [2.05, 4.69) is 26.1 Å². The van der Waals surface area contributed by atoms with Gasteiger partial charge in [-0.15, -0.1) is 0 Å². The van der Waals surface area contributed by atoms with E-state index in [1.54, 1.807) is 7.11 Å². The molecule has 0 saturated heterocycles. The summed E-state index contributed by atoms with van der Waals surface area (Å²) in [6.45, 7) is 8.65. The fraction of sp³-hybridized carbons (Fsp3) is 0.435. The zero-order valence-electron chi connectivity index (χ0n) is 17.7. The molecule has 1 saturated carbocycles. The van der Waals surface area contributed by atoms with Crippen LogP contribution in [-0.2, 0) is 12.1 Å². The molecule has 0 aliphatic heterocycles. The van der Waals surface area contributed by atoms with E-state index in [1.807, 2.05) is 41.9 Å². The summed E-state index contributed by atoms with van der Waals surface area (Å²) in [5, 5.41) is 8.62. The summed E-state index contributed by atoms with van der Waals surface area (Å²) < 4.78 is 7.34. The molecule has 6 nitrogen and oxygen atoms in total. The molecule has 152 valence electrons. The first kappa shape index (κ1) is 19.4. The van der Waals surface area contributed by atoms with Gasteiger partial charge < -0.3 is 10.1 Å². The van der Waals surface area contributed by atoms with Crippen molar-refractivity contribution in [1.29, 1.82) is 0 Å². The van der Waals surface area contributed by atoms with E-state index in [-0.39, 0.29) is 11.4 Å². The molecule has 3 aromatic rings. The van der Waals surface area contributed by atoms with E-state index >= 15 is 0 Å². The Hall–Kier alpha value is -2.89. The number of nitrogens with zero attached hydrogens (tertiary/aromatic N) is 3. The monoisotopic (exact) mass is 392 g/mol. The second-order valence-electron chi connectivity index (χ2n) is 8.73. The lowest BCUT2D eigenvalue weighted by atomic mass is 10.1. The molecule has 0 spiro atoms. The smallest absolute Gasteiger partial charge is 0.252 e. The van der Waals surface area contributed by atoms with Gasteiger partial charge in [-0.3, -0.25) is 4.79 Å². The number of benzene rings is 1. The highest BCUT2D eigenvalue weighted by molar-refractivity contribution is 6.06. The number of carbonyl (C=O) groups excluding carboxylic acids is 1. The zero-order chi connectivity index (χ0) is 20.8. The van der Waals surface area contributed by atoms with Gasteiger partial charge in [-0.05, 0) is 52.7 Å². The molecule has 1 aliphatic carbocycles. The molecule has 29 heavy (non-hydrogen) atoms. The van der Waals surface area contributed by atoms with Crippen LogP contribution in [0.4, 0.5) is 0 Å². The van der Waals surface area contributed by atoms with E-state index in [0.717, 1.165) is 46.6 Å². The number of aromatic nitrogens is 3. The van der Waals surface area contributed by atoms with Gasteiger partial charge in [0.15, 0.2) is 5.65 Å². The lowest BCUT2D eigenvalue weighted by molar-refractivity contribution is 0.0952. The number of para-hydroxylation sites is 1. The lowest BCUT2D eigenvalue weighted by Gasteiger charge is -2.20. The Kier molecular flexibility index (Phi) is 4.81. The average Bonchev–Trinajstić information content (AvgIpc) is 3.48. The minimum absolute atomic E-state index is 0.109. The SMILES string of the molecule is COc1ccccc1CNC(=O)c1cc(C2CC2)nc2c1c(C)nn2C(C)(C)C. The first-order valence-corrected chi connectivity index (χ1v) is 10.1. The highest BCUT2D eigenvalue weighted by Crippen LogP contribution is 2.41. The predicted octanol–water partition coefficient (Wildman–Crippen LogP) is 4.31. The molecular formula is C23H28N4O2. The Morgan fingerprint density at radius 3 is 2.66 bits per heavy atom. The number of methoxy groups -OCH3 is 1. The maximum Gasteiger partial charge on any atom is 0.252 e. The Labute approximate surface area is 171 Å². The van der Waals surface area contributed by atoms with Crippen LogP contribution in [0.15, 0.2) is 30.3 Å². The van der Waals surface area contributed by atoms with Crippen LogP contribution < -0.4 is 10.1 Å². The number of pyridine rings is 1. The number of nitrogens with one attached hydrogen (secondary N) is 1. The molecule has 4 rings (SSSR count). The van der Waals surface area contributed by atoms with Crippen molar-refractivity contribution >= 4 is 16.9 Å². The molecule has 0 bridgehead atoms. The van der Waals surface area contributed by atoms with E-state index in [0.29, 0.717) is 18.0 Å². The van der Waals surface area contributed by atoms with Crippen molar-refractivity contribution in [2.45, 2.75) is 58.5 Å². The highest BCUT2D eigenvalue weighted by Gasteiger charge is 2.30. The van der Waals surface area contributed by atoms with Gasteiger partial charge in [0.25, 0.3) is 5.91 Å². The number of rotatable bonds is 5.